The smallest absolute Gasteiger partial charge is 0.252 e. The number of carbonyl (C=O) groups excluding carboxylic acids is 1. The molecule has 1 aromatic carbocycles. The van der Waals surface area contributed by atoms with Crippen molar-refractivity contribution in [1.29, 1.82) is 0 Å². The van der Waals surface area contributed by atoms with Gasteiger partial charge >= 0.3 is 0 Å². The zero-order valence-electron chi connectivity index (χ0n) is 19.8. The fourth-order valence-corrected chi connectivity index (χ4v) is 5.81. The van der Waals surface area contributed by atoms with E-state index in [2.05, 4.69) is 27.4 Å². The summed E-state index contributed by atoms with van der Waals surface area (Å²) in [6.45, 7) is 6.65. The van der Waals surface area contributed by atoms with E-state index in [9.17, 15) is 4.79 Å². The topological polar surface area (TPSA) is 70.2 Å². The maximum absolute atomic E-state index is 12.7. The van der Waals surface area contributed by atoms with Gasteiger partial charge in [0.2, 0.25) is 5.95 Å². The molecule has 6 nitrogen and oxygen atoms in total. The summed E-state index contributed by atoms with van der Waals surface area (Å²) in [6, 6.07) is 8.21. The van der Waals surface area contributed by atoms with Gasteiger partial charge in [-0.05, 0) is 75.9 Å². The standard InChI is InChI=1S/C25H30ClN5OS.2ClH/c1-2-31-12-9-16(10-13-31)8-11-27-25-28-15-20(26)23(30-25)22-14-19-18(4-3-5-21(19)33-22)24(32)29-17-6-7-17;;/h3-5,14-17H,2,6-13H2,1H3,(H,29,32)(H,27,28,30);2*1H. The molecule has 1 aliphatic carbocycles. The van der Waals surface area contributed by atoms with Gasteiger partial charge in [-0.2, -0.15) is 0 Å². The molecule has 3 aromatic rings. The number of hydrogen-bond acceptors (Lipinski definition) is 6. The van der Waals surface area contributed by atoms with Crippen molar-refractivity contribution >= 4 is 69.7 Å². The van der Waals surface area contributed by atoms with Crippen LogP contribution in [0.1, 0.15) is 49.4 Å². The normalized spacial score (nSPS) is 16.4. The summed E-state index contributed by atoms with van der Waals surface area (Å²) in [7, 11) is 0. The molecule has 1 saturated carbocycles. The van der Waals surface area contributed by atoms with Gasteiger partial charge in [0.15, 0.2) is 0 Å². The molecule has 35 heavy (non-hydrogen) atoms. The van der Waals surface area contributed by atoms with Crippen molar-refractivity contribution in [1.82, 2.24) is 20.2 Å². The predicted octanol–water partition coefficient (Wildman–Crippen LogP) is 6.28. The van der Waals surface area contributed by atoms with Gasteiger partial charge in [-0.25, -0.2) is 9.97 Å². The van der Waals surface area contributed by atoms with Crippen LogP contribution >= 0.6 is 47.8 Å². The molecule has 2 fully saturated rings. The Kier molecular flexibility index (Phi) is 10.0. The lowest BCUT2D eigenvalue weighted by Crippen LogP contribution is -2.33. The molecule has 1 amide bonds. The van der Waals surface area contributed by atoms with Crippen molar-refractivity contribution in [2.75, 3.05) is 31.5 Å². The van der Waals surface area contributed by atoms with Crippen molar-refractivity contribution in [3.63, 3.8) is 0 Å². The Morgan fingerprint density at radius 1 is 1.20 bits per heavy atom. The first-order valence-electron chi connectivity index (χ1n) is 11.9. The number of nitrogens with zero attached hydrogens (tertiary/aromatic N) is 3. The van der Waals surface area contributed by atoms with Gasteiger partial charge in [-0.3, -0.25) is 4.79 Å². The molecule has 0 atom stereocenters. The van der Waals surface area contributed by atoms with Gasteiger partial charge in [0.1, 0.15) is 5.69 Å². The Balaban J connectivity index is 0.00000171. The highest BCUT2D eigenvalue weighted by atomic mass is 35.5. The number of halogens is 3. The highest BCUT2D eigenvalue weighted by Crippen LogP contribution is 2.37. The van der Waals surface area contributed by atoms with E-state index < -0.39 is 0 Å². The van der Waals surface area contributed by atoms with Crippen molar-refractivity contribution in [3.05, 3.63) is 41.0 Å². The Morgan fingerprint density at radius 2 is 1.97 bits per heavy atom. The molecule has 3 heterocycles. The predicted molar refractivity (Wildman–Crippen MR) is 151 cm³/mol. The van der Waals surface area contributed by atoms with E-state index in [0.717, 1.165) is 53.2 Å². The Hall–Kier alpha value is -1.64. The van der Waals surface area contributed by atoms with Gasteiger partial charge in [-0.15, -0.1) is 36.2 Å². The van der Waals surface area contributed by atoms with E-state index >= 15 is 0 Å². The molecule has 0 unspecified atom stereocenters. The number of benzene rings is 1. The number of piperidine rings is 1. The molecular weight excluding hydrogens is 525 g/mol. The molecule has 0 bridgehead atoms. The number of thiophene rings is 1. The van der Waals surface area contributed by atoms with Crippen LogP contribution in [0, 0.1) is 5.92 Å². The number of anilines is 1. The van der Waals surface area contributed by atoms with Gasteiger partial charge in [-0.1, -0.05) is 24.6 Å². The first-order valence-corrected chi connectivity index (χ1v) is 13.1. The summed E-state index contributed by atoms with van der Waals surface area (Å²) in [5, 5.41) is 7.94. The zero-order chi connectivity index (χ0) is 22.8. The van der Waals surface area contributed by atoms with Crippen LogP contribution in [0.15, 0.2) is 30.5 Å². The second kappa shape index (κ2) is 12.5. The summed E-state index contributed by atoms with van der Waals surface area (Å²) in [5.74, 6) is 1.35. The average Bonchev–Trinajstić information content (AvgIpc) is 3.54. The monoisotopic (exact) mass is 555 g/mol. The minimum absolute atomic E-state index is 0. The molecule has 2 N–H and O–H groups in total. The van der Waals surface area contributed by atoms with E-state index in [1.165, 1.54) is 25.9 Å². The number of hydrogen-bond donors (Lipinski definition) is 2. The average molecular weight is 557 g/mol. The maximum atomic E-state index is 12.7. The highest BCUT2D eigenvalue weighted by Gasteiger charge is 2.25. The molecule has 2 aliphatic rings. The number of rotatable bonds is 8. The SMILES string of the molecule is CCN1CCC(CCNc2ncc(Cl)c(-c3cc4c(C(=O)NC5CC5)cccc4s3)n2)CC1.Cl.Cl. The van der Waals surface area contributed by atoms with E-state index in [1.807, 2.05) is 24.3 Å². The Labute approximate surface area is 228 Å². The van der Waals surface area contributed by atoms with Crippen molar-refractivity contribution in [3.8, 4) is 10.6 Å². The van der Waals surface area contributed by atoms with Crippen molar-refractivity contribution in [2.45, 2.75) is 45.1 Å². The van der Waals surface area contributed by atoms with Crippen LogP contribution in [0.4, 0.5) is 5.95 Å². The van der Waals surface area contributed by atoms with E-state index in [1.54, 1.807) is 17.5 Å². The van der Waals surface area contributed by atoms with Gasteiger partial charge in [0.25, 0.3) is 5.91 Å². The molecule has 10 heteroatoms. The third kappa shape index (κ3) is 6.77. The van der Waals surface area contributed by atoms with Gasteiger partial charge in [0.05, 0.1) is 16.1 Å². The third-order valence-corrected chi connectivity index (χ3v) is 8.07. The fraction of sp³-hybridized carbons (Fsp3) is 0.480. The number of amides is 1. The third-order valence-electron chi connectivity index (χ3n) is 6.69. The molecule has 190 valence electrons. The van der Waals surface area contributed by atoms with Crippen LogP contribution in [0.5, 0.6) is 0 Å². The van der Waals surface area contributed by atoms with E-state index in [4.69, 9.17) is 16.6 Å². The number of nitrogens with one attached hydrogen (secondary N) is 2. The summed E-state index contributed by atoms with van der Waals surface area (Å²) in [4.78, 5) is 25.3. The second-order valence-corrected chi connectivity index (χ2v) is 10.5. The second-order valence-electron chi connectivity index (χ2n) is 9.06. The summed E-state index contributed by atoms with van der Waals surface area (Å²) >= 11 is 8.09. The van der Waals surface area contributed by atoms with Crippen LogP contribution in [0.3, 0.4) is 0 Å². The molecular formula is C25H32Cl3N5OS. The summed E-state index contributed by atoms with van der Waals surface area (Å²) in [6.07, 6.45) is 7.46. The van der Waals surface area contributed by atoms with Crippen LogP contribution in [0.2, 0.25) is 5.02 Å². The van der Waals surface area contributed by atoms with Crippen molar-refractivity contribution in [2.24, 2.45) is 5.92 Å². The van der Waals surface area contributed by atoms with E-state index in [0.29, 0.717) is 28.3 Å². The molecule has 0 radical (unpaired) electrons. The Bertz CT molecular complexity index is 1150. The maximum Gasteiger partial charge on any atom is 0.252 e. The molecule has 2 aromatic heterocycles. The summed E-state index contributed by atoms with van der Waals surface area (Å²) in [5.41, 5.74) is 1.42. The molecule has 5 rings (SSSR count). The number of likely N-dealkylation sites (tertiary alicyclic amines) is 1. The Morgan fingerprint density at radius 3 is 2.69 bits per heavy atom. The first kappa shape index (κ1) is 27.9. The lowest BCUT2D eigenvalue weighted by molar-refractivity contribution is 0.0953. The minimum Gasteiger partial charge on any atom is -0.354 e. The van der Waals surface area contributed by atoms with Crippen LogP contribution in [-0.2, 0) is 0 Å². The van der Waals surface area contributed by atoms with Crippen LogP contribution in [-0.4, -0.2) is 53.0 Å². The highest BCUT2D eigenvalue weighted by molar-refractivity contribution is 7.22. The number of aromatic nitrogens is 2. The molecule has 1 saturated heterocycles. The zero-order valence-corrected chi connectivity index (χ0v) is 23.0. The van der Waals surface area contributed by atoms with Crippen LogP contribution in [0.25, 0.3) is 20.7 Å². The fourth-order valence-electron chi connectivity index (χ4n) is 4.47. The van der Waals surface area contributed by atoms with Crippen molar-refractivity contribution < 1.29 is 4.79 Å². The summed E-state index contributed by atoms with van der Waals surface area (Å²) < 4.78 is 1.05. The lowest BCUT2D eigenvalue weighted by atomic mass is 9.93. The molecule has 0 spiro atoms. The van der Waals surface area contributed by atoms with E-state index in [-0.39, 0.29) is 30.7 Å². The van der Waals surface area contributed by atoms with Gasteiger partial charge in [0, 0.05) is 28.2 Å². The molecule has 1 aliphatic heterocycles. The number of carbonyl (C=O) groups is 1. The largest absolute Gasteiger partial charge is 0.354 e. The van der Waals surface area contributed by atoms with Gasteiger partial charge < -0.3 is 15.5 Å². The minimum atomic E-state index is -0.00615. The first-order chi connectivity index (χ1) is 16.1. The quantitative estimate of drug-likeness (QED) is 0.342. The lowest BCUT2D eigenvalue weighted by Gasteiger charge is -2.31. The number of fused-ring (bicyclic) bond motifs is 1. The van der Waals surface area contributed by atoms with Crippen LogP contribution < -0.4 is 10.6 Å².